The molecule has 1 unspecified atom stereocenters. The van der Waals surface area contributed by atoms with Gasteiger partial charge in [0.1, 0.15) is 0 Å². The Labute approximate surface area is 126 Å². The molecule has 1 atom stereocenters. The van der Waals surface area contributed by atoms with Crippen LogP contribution in [0.1, 0.15) is 47.0 Å². The number of carbonyl (C=O) groups is 2. The number of aliphatic hydroxyl groups excluding tert-OH is 1. The molecule has 6 heteroatoms. The zero-order chi connectivity index (χ0) is 16.3. The van der Waals surface area contributed by atoms with E-state index in [1.807, 2.05) is 13.8 Å². The second-order valence-corrected chi connectivity index (χ2v) is 4.79. The topological polar surface area (TPSA) is 82.1 Å². The van der Waals surface area contributed by atoms with E-state index in [0.717, 1.165) is 0 Å². The van der Waals surface area contributed by atoms with Gasteiger partial charge < -0.3 is 19.3 Å². The van der Waals surface area contributed by atoms with Crippen LogP contribution in [-0.2, 0) is 23.8 Å². The van der Waals surface area contributed by atoms with Crippen molar-refractivity contribution in [2.45, 2.75) is 53.1 Å². The van der Waals surface area contributed by atoms with Crippen molar-refractivity contribution in [3.63, 3.8) is 0 Å². The number of aliphatic hydroxyl groups is 1. The summed E-state index contributed by atoms with van der Waals surface area (Å²) in [6, 6.07) is 0. The van der Waals surface area contributed by atoms with Gasteiger partial charge in [-0.2, -0.15) is 0 Å². The lowest BCUT2D eigenvalue weighted by molar-refractivity contribution is -0.176. The Morgan fingerprint density at radius 3 is 1.90 bits per heavy atom. The normalized spacial score (nSPS) is 12.8. The Morgan fingerprint density at radius 2 is 1.52 bits per heavy atom. The first kappa shape index (κ1) is 19.9. The Hall–Kier alpha value is -1.14. The third-order valence-corrected chi connectivity index (χ3v) is 3.11. The Balaban J connectivity index is 5.25. The average Bonchev–Trinajstić information content (AvgIpc) is 2.44. The molecule has 0 radical (unpaired) electrons. The van der Waals surface area contributed by atoms with E-state index in [9.17, 15) is 14.7 Å². The zero-order valence-corrected chi connectivity index (χ0v) is 13.5. The fraction of sp³-hybridized carbons (Fsp3) is 0.867. The van der Waals surface area contributed by atoms with Gasteiger partial charge >= 0.3 is 11.9 Å². The van der Waals surface area contributed by atoms with Crippen LogP contribution in [-0.4, -0.2) is 49.6 Å². The molecule has 0 rings (SSSR count). The number of hydrogen-bond donors (Lipinski definition) is 1. The molecule has 0 aromatic rings. The first-order valence-corrected chi connectivity index (χ1v) is 7.58. The van der Waals surface area contributed by atoms with E-state index in [2.05, 4.69) is 0 Å². The molecule has 0 saturated heterocycles. The van der Waals surface area contributed by atoms with E-state index in [-0.39, 0.29) is 32.7 Å². The molecule has 0 saturated carbocycles. The SMILES string of the molecule is CCCC(CC(O)COCC)(C(=O)OCC)C(=O)OCC. The number of ether oxygens (including phenoxy) is 3. The summed E-state index contributed by atoms with van der Waals surface area (Å²) in [6.07, 6.45) is -0.115. The van der Waals surface area contributed by atoms with Crippen molar-refractivity contribution < 1.29 is 28.9 Å². The molecule has 0 amide bonds. The summed E-state index contributed by atoms with van der Waals surface area (Å²) in [4.78, 5) is 24.6. The molecule has 21 heavy (non-hydrogen) atoms. The molecular weight excluding hydrogens is 276 g/mol. The fourth-order valence-electron chi connectivity index (χ4n) is 2.24. The van der Waals surface area contributed by atoms with E-state index >= 15 is 0 Å². The lowest BCUT2D eigenvalue weighted by Gasteiger charge is -2.30. The first-order chi connectivity index (χ1) is 9.98. The predicted octanol–water partition coefficient (Wildman–Crippen LogP) is 1.69. The van der Waals surface area contributed by atoms with Crippen molar-refractivity contribution in [3.05, 3.63) is 0 Å². The average molecular weight is 304 g/mol. The summed E-state index contributed by atoms with van der Waals surface area (Å²) in [7, 11) is 0. The third-order valence-electron chi connectivity index (χ3n) is 3.11. The highest BCUT2D eigenvalue weighted by molar-refractivity contribution is 6.00. The van der Waals surface area contributed by atoms with Crippen LogP contribution in [0.5, 0.6) is 0 Å². The summed E-state index contributed by atoms with van der Waals surface area (Å²) < 4.78 is 15.2. The maximum Gasteiger partial charge on any atom is 0.323 e. The summed E-state index contributed by atoms with van der Waals surface area (Å²) in [5, 5.41) is 10.0. The Kier molecular flexibility index (Phi) is 9.99. The van der Waals surface area contributed by atoms with Gasteiger partial charge in [-0.15, -0.1) is 0 Å². The standard InChI is InChI=1S/C15H28O6/c1-5-9-15(13(17)20-7-3,14(18)21-8-4)10-12(16)11-19-6-2/h12,16H,5-11H2,1-4H3. The molecule has 6 nitrogen and oxygen atoms in total. The van der Waals surface area contributed by atoms with Gasteiger partial charge in [-0.3, -0.25) is 9.59 Å². The molecule has 0 spiro atoms. The van der Waals surface area contributed by atoms with Crippen molar-refractivity contribution in [1.29, 1.82) is 0 Å². The minimum atomic E-state index is -1.46. The summed E-state index contributed by atoms with van der Waals surface area (Å²) in [6.45, 7) is 7.89. The van der Waals surface area contributed by atoms with Crippen molar-refractivity contribution in [3.8, 4) is 0 Å². The van der Waals surface area contributed by atoms with Gasteiger partial charge in [0.25, 0.3) is 0 Å². The maximum atomic E-state index is 12.3. The van der Waals surface area contributed by atoms with Crippen LogP contribution in [0.3, 0.4) is 0 Å². The van der Waals surface area contributed by atoms with Gasteiger partial charge in [-0.25, -0.2) is 0 Å². The van der Waals surface area contributed by atoms with Crippen LogP contribution in [0.15, 0.2) is 0 Å². The zero-order valence-electron chi connectivity index (χ0n) is 13.5. The second kappa shape index (κ2) is 10.6. The van der Waals surface area contributed by atoms with Gasteiger partial charge in [0.05, 0.1) is 25.9 Å². The molecule has 0 fully saturated rings. The quantitative estimate of drug-likeness (QED) is 0.462. The highest BCUT2D eigenvalue weighted by atomic mass is 16.6. The van der Waals surface area contributed by atoms with Crippen LogP contribution in [0, 0.1) is 5.41 Å². The highest BCUT2D eigenvalue weighted by Crippen LogP contribution is 2.33. The third kappa shape index (κ3) is 6.01. The number of esters is 2. The largest absolute Gasteiger partial charge is 0.465 e. The summed E-state index contributed by atoms with van der Waals surface area (Å²) in [5.41, 5.74) is -1.46. The molecule has 0 heterocycles. The molecule has 0 aliphatic heterocycles. The first-order valence-electron chi connectivity index (χ1n) is 7.58. The smallest absolute Gasteiger partial charge is 0.323 e. The summed E-state index contributed by atoms with van der Waals surface area (Å²) >= 11 is 0. The summed E-state index contributed by atoms with van der Waals surface area (Å²) in [5.74, 6) is -1.28. The number of hydrogen-bond acceptors (Lipinski definition) is 6. The molecule has 0 aromatic heterocycles. The Morgan fingerprint density at radius 1 is 1.00 bits per heavy atom. The minimum Gasteiger partial charge on any atom is -0.465 e. The van der Waals surface area contributed by atoms with Crippen molar-refractivity contribution in [1.82, 2.24) is 0 Å². The van der Waals surface area contributed by atoms with E-state index in [0.29, 0.717) is 13.0 Å². The number of rotatable bonds is 11. The van der Waals surface area contributed by atoms with E-state index in [1.165, 1.54) is 0 Å². The highest BCUT2D eigenvalue weighted by Gasteiger charge is 2.49. The minimum absolute atomic E-state index is 0.0570. The van der Waals surface area contributed by atoms with Gasteiger partial charge in [0.15, 0.2) is 5.41 Å². The molecule has 0 aliphatic rings. The van der Waals surface area contributed by atoms with Crippen LogP contribution < -0.4 is 0 Å². The molecule has 0 aromatic carbocycles. The van der Waals surface area contributed by atoms with Crippen molar-refractivity contribution in [2.75, 3.05) is 26.4 Å². The molecule has 0 aliphatic carbocycles. The van der Waals surface area contributed by atoms with Gasteiger partial charge in [-0.1, -0.05) is 13.3 Å². The lowest BCUT2D eigenvalue weighted by atomic mass is 9.78. The maximum absolute atomic E-state index is 12.3. The van der Waals surface area contributed by atoms with Gasteiger partial charge in [0.2, 0.25) is 0 Å². The van der Waals surface area contributed by atoms with Crippen LogP contribution in [0.4, 0.5) is 0 Å². The molecule has 0 bridgehead atoms. The van der Waals surface area contributed by atoms with Crippen LogP contribution in [0.25, 0.3) is 0 Å². The van der Waals surface area contributed by atoms with Gasteiger partial charge in [0, 0.05) is 13.0 Å². The van der Waals surface area contributed by atoms with Crippen molar-refractivity contribution in [2.24, 2.45) is 5.41 Å². The molecule has 124 valence electrons. The van der Waals surface area contributed by atoms with Crippen molar-refractivity contribution >= 4 is 11.9 Å². The van der Waals surface area contributed by atoms with Crippen LogP contribution in [0.2, 0.25) is 0 Å². The monoisotopic (exact) mass is 304 g/mol. The Bertz CT molecular complexity index is 297. The fourth-order valence-corrected chi connectivity index (χ4v) is 2.24. The lowest BCUT2D eigenvalue weighted by Crippen LogP contribution is -2.45. The molecular formula is C15H28O6. The van der Waals surface area contributed by atoms with E-state index in [4.69, 9.17) is 14.2 Å². The second-order valence-electron chi connectivity index (χ2n) is 4.79. The van der Waals surface area contributed by atoms with E-state index in [1.54, 1.807) is 13.8 Å². The predicted molar refractivity (Wildman–Crippen MR) is 77.7 cm³/mol. The van der Waals surface area contributed by atoms with E-state index < -0.39 is 23.5 Å². The number of carbonyl (C=O) groups excluding carboxylic acids is 2. The molecule has 1 N–H and O–H groups in total. The van der Waals surface area contributed by atoms with Gasteiger partial charge in [-0.05, 0) is 27.2 Å². The van der Waals surface area contributed by atoms with Crippen LogP contribution >= 0.6 is 0 Å².